The monoisotopic (exact) mass is 243 g/mol. The van der Waals surface area contributed by atoms with Crippen molar-refractivity contribution >= 4 is 11.4 Å². The molecule has 90 valence electrons. The molecule has 0 aliphatic carbocycles. The summed E-state index contributed by atoms with van der Waals surface area (Å²) in [6, 6.07) is 13.5. The van der Waals surface area contributed by atoms with Gasteiger partial charge in [0.1, 0.15) is 5.71 Å². The summed E-state index contributed by atoms with van der Waals surface area (Å²) >= 11 is 0. The molecule has 0 fully saturated rings. The molecule has 1 aliphatic heterocycles. The highest BCUT2D eigenvalue weighted by Gasteiger charge is 2.45. The van der Waals surface area contributed by atoms with Gasteiger partial charge in [0, 0.05) is 5.56 Å². The van der Waals surface area contributed by atoms with Crippen LogP contribution in [-0.4, -0.2) is 5.71 Å². The second-order valence-electron chi connectivity index (χ2n) is 4.42. The zero-order valence-corrected chi connectivity index (χ0v) is 9.82. The Morgan fingerprint density at radius 1 is 1.00 bits per heavy atom. The minimum absolute atomic E-state index is 0.00125. The number of fused-ring (bicyclic) bond motifs is 1. The molecule has 0 radical (unpaired) electrons. The molecule has 18 heavy (non-hydrogen) atoms. The van der Waals surface area contributed by atoms with Gasteiger partial charge in [-0.05, 0) is 19.1 Å². The number of halogens is 2. The van der Waals surface area contributed by atoms with E-state index in [1.54, 1.807) is 49.4 Å². The summed E-state index contributed by atoms with van der Waals surface area (Å²) in [6.45, 7) is 1.80. The first-order chi connectivity index (χ1) is 8.59. The molecule has 0 N–H and O–H groups in total. The molecule has 0 saturated carbocycles. The zero-order chi connectivity index (χ0) is 12.8. The second kappa shape index (κ2) is 3.73. The summed E-state index contributed by atoms with van der Waals surface area (Å²) in [5.41, 5.74) is 1.49. The summed E-state index contributed by atoms with van der Waals surface area (Å²) in [5, 5.41) is 0. The number of nitrogens with zero attached hydrogens (tertiary/aromatic N) is 1. The predicted octanol–water partition coefficient (Wildman–Crippen LogP) is 4.22. The first-order valence-corrected chi connectivity index (χ1v) is 5.72. The van der Waals surface area contributed by atoms with E-state index in [-0.39, 0.29) is 11.3 Å². The number of hydrogen-bond acceptors (Lipinski definition) is 1. The third-order valence-electron chi connectivity index (χ3n) is 3.07. The van der Waals surface area contributed by atoms with Crippen LogP contribution in [0.5, 0.6) is 0 Å². The quantitative estimate of drug-likeness (QED) is 0.711. The van der Waals surface area contributed by atoms with Gasteiger partial charge >= 0.3 is 5.92 Å². The van der Waals surface area contributed by atoms with Gasteiger partial charge in [-0.25, -0.2) is 4.99 Å². The number of alkyl halides is 2. The molecule has 0 spiro atoms. The predicted molar refractivity (Wildman–Crippen MR) is 67.7 cm³/mol. The lowest BCUT2D eigenvalue weighted by molar-refractivity contribution is 0.0810. The van der Waals surface area contributed by atoms with Gasteiger partial charge in [0.25, 0.3) is 0 Å². The molecule has 3 heteroatoms. The summed E-state index contributed by atoms with van der Waals surface area (Å²) in [7, 11) is 0. The third-order valence-corrected chi connectivity index (χ3v) is 3.07. The lowest BCUT2D eigenvalue weighted by atomic mass is 9.99. The van der Waals surface area contributed by atoms with Gasteiger partial charge in [-0.3, -0.25) is 0 Å². The second-order valence-corrected chi connectivity index (χ2v) is 4.42. The van der Waals surface area contributed by atoms with E-state index in [4.69, 9.17) is 0 Å². The largest absolute Gasteiger partial charge is 0.317 e. The van der Waals surface area contributed by atoms with Crippen molar-refractivity contribution in [3.05, 3.63) is 65.2 Å². The first kappa shape index (κ1) is 11.1. The standard InChI is InChI=1S/C15H11F2N/c1-10-7-8-13-12(9-10)15(16,17)14(18-13)11-5-3-2-4-6-11/h2-9H,1H3. The van der Waals surface area contributed by atoms with E-state index >= 15 is 0 Å². The fraction of sp³-hybridized carbons (Fsp3) is 0.133. The number of hydrogen-bond donors (Lipinski definition) is 0. The van der Waals surface area contributed by atoms with Crippen LogP contribution in [0.4, 0.5) is 14.5 Å². The summed E-state index contributed by atoms with van der Waals surface area (Å²) < 4.78 is 28.7. The van der Waals surface area contributed by atoms with Gasteiger partial charge in [0.15, 0.2) is 0 Å². The summed E-state index contributed by atoms with van der Waals surface area (Å²) in [6.07, 6.45) is 0. The smallest absolute Gasteiger partial charge is 0.246 e. The normalized spacial score (nSPS) is 16.3. The SMILES string of the molecule is Cc1ccc2c(c1)C(F)(F)C(c1ccccc1)=N2. The van der Waals surface area contributed by atoms with Crippen molar-refractivity contribution in [3.63, 3.8) is 0 Å². The van der Waals surface area contributed by atoms with Crippen LogP contribution in [0.15, 0.2) is 53.5 Å². The Morgan fingerprint density at radius 2 is 1.72 bits per heavy atom. The molecular formula is C15H11F2N. The molecule has 1 nitrogen and oxygen atoms in total. The molecule has 0 saturated heterocycles. The van der Waals surface area contributed by atoms with Crippen LogP contribution in [0, 0.1) is 6.92 Å². The van der Waals surface area contributed by atoms with E-state index in [1.807, 2.05) is 0 Å². The van der Waals surface area contributed by atoms with Crippen molar-refractivity contribution in [3.8, 4) is 0 Å². The molecular weight excluding hydrogens is 232 g/mol. The van der Waals surface area contributed by atoms with Crippen LogP contribution in [0.3, 0.4) is 0 Å². The van der Waals surface area contributed by atoms with E-state index in [2.05, 4.69) is 4.99 Å². The van der Waals surface area contributed by atoms with E-state index in [0.717, 1.165) is 5.56 Å². The van der Waals surface area contributed by atoms with Gasteiger partial charge in [-0.15, -0.1) is 0 Å². The van der Waals surface area contributed by atoms with Crippen LogP contribution < -0.4 is 0 Å². The molecule has 3 rings (SSSR count). The fourth-order valence-corrected chi connectivity index (χ4v) is 2.16. The lowest BCUT2D eigenvalue weighted by Crippen LogP contribution is -2.23. The molecule has 2 aromatic rings. The topological polar surface area (TPSA) is 12.4 Å². The van der Waals surface area contributed by atoms with Crippen molar-refractivity contribution in [1.82, 2.24) is 0 Å². The number of benzene rings is 2. The third kappa shape index (κ3) is 1.55. The summed E-state index contributed by atoms with van der Waals surface area (Å²) in [4.78, 5) is 4.08. The maximum absolute atomic E-state index is 14.3. The van der Waals surface area contributed by atoms with E-state index < -0.39 is 5.92 Å². The Balaban J connectivity index is 2.16. The maximum atomic E-state index is 14.3. The first-order valence-electron chi connectivity index (χ1n) is 5.72. The van der Waals surface area contributed by atoms with Gasteiger partial charge in [0.2, 0.25) is 0 Å². The van der Waals surface area contributed by atoms with E-state index in [1.165, 1.54) is 6.07 Å². The van der Waals surface area contributed by atoms with E-state index in [0.29, 0.717) is 11.3 Å². The van der Waals surface area contributed by atoms with Crippen molar-refractivity contribution in [2.45, 2.75) is 12.8 Å². The Kier molecular flexibility index (Phi) is 2.30. The number of aryl methyl sites for hydroxylation is 1. The Hall–Kier alpha value is -2.03. The molecule has 2 aromatic carbocycles. The van der Waals surface area contributed by atoms with Crippen molar-refractivity contribution in [2.75, 3.05) is 0 Å². The molecule has 0 atom stereocenters. The van der Waals surface area contributed by atoms with Gasteiger partial charge in [0.05, 0.1) is 11.3 Å². The highest BCUT2D eigenvalue weighted by atomic mass is 19.3. The van der Waals surface area contributed by atoms with Crippen LogP contribution in [-0.2, 0) is 5.92 Å². The highest BCUT2D eigenvalue weighted by molar-refractivity contribution is 6.10. The van der Waals surface area contributed by atoms with Crippen LogP contribution >= 0.6 is 0 Å². The molecule has 0 unspecified atom stereocenters. The lowest BCUT2D eigenvalue weighted by Gasteiger charge is -2.14. The number of aliphatic imine (C=N–C) groups is 1. The van der Waals surface area contributed by atoms with Crippen LogP contribution in [0.25, 0.3) is 0 Å². The molecule has 0 amide bonds. The summed E-state index contributed by atoms with van der Waals surface area (Å²) in [5.74, 6) is -3.01. The minimum Gasteiger partial charge on any atom is -0.246 e. The van der Waals surface area contributed by atoms with Crippen molar-refractivity contribution in [2.24, 2.45) is 4.99 Å². The number of rotatable bonds is 1. The maximum Gasteiger partial charge on any atom is 0.317 e. The van der Waals surface area contributed by atoms with Gasteiger partial charge < -0.3 is 0 Å². The Morgan fingerprint density at radius 3 is 2.44 bits per heavy atom. The van der Waals surface area contributed by atoms with Crippen molar-refractivity contribution < 1.29 is 8.78 Å². The molecule has 1 heterocycles. The average molecular weight is 243 g/mol. The van der Waals surface area contributed by atoms with Crippen molar-refractivity contribution in [1.29, 1.82) is 0 Å². The van der Waals surface area contributed by atoms with Gasteiger partial charge in [-0.2, -0.15) is 8.78 Å². The van der Waals surface area contributed by atoms with Crippen LogP contribution in [0.1, 0.15) is 16.7 Å². The van der Waals surface area contributed by atoms with Crippen LogP contribution in [0.2, 0.25) is 0 Å². The molecule has 1 aliphatic rings. The molecule has 0 aromatic heterocycles. The zero-order valence-electron chi connectivity index (χ0n) is 9.82. The average Bonchev–Trinajstić information content (AvgIpc) is 2.63. The Bertz CT molecular complexity index is 630. The Labute approximate surface area is 104 Å². The van der Waals surface area contributed by atoms with E-state index in [9.17, 15) is 8.78 Å². The van der Waals surface area contributed by atoms with Gasteiger partial charge in [-0.1, -0.05) is 42.0 Å². The fourth-order valence-electron chi connectivity index (χ4n) is 2.16. The molecule has 0 bridgehead atoms. The minimum atomic E-state index is -3.01. The highest BCUT2D eigenvalue weighted by Crippen LogP contribution is 2.44.